The Morgan fingerprint density at radius 2 is 1.55 bits per heavy atom. The molecule has 0 spiro atoms. The summed E-state index contributed by atoms with van der Waals surface area (Å²) >= 11 is 12.2. The first kappa shape index (κ1) is 21.0. The van der Waals surface area contributed by atoms with Crippen LogP contribution in [0.5, 0.6) is 0 Å². The Hall–Kier alpha value is -1.92. The molecule has 1 heterocycles. The lowest BCUT2D eigenvalue weighted by Gasteiger charge is -2.37. The molecular formula is C24H20Cl2FNO2S. The third-order valence-electron chi connectivity index (χ3n) is 6.53. The number of benzene rings is 3. The minimum Gasteiger partial charge on any atom is -0.207 e. The molecule has 31 heavy (non-hydrogen) atoms. The molecule has 5 rings (SSSR count). The van der Waals surface area contributed by atoms with E-state index in [0.29, 0.717) is 22.5 Å². The molecule has 2 aliphatic rings. The molecule has 7 heteroatoms. The van der Waals surface area contributed by atoms with Gasteiger partial charge in [-0.2, -0.15) is 4.31 Å². The van der Waals surface area contributed by atoms with Gasteiger partial charge in [0, 0.05) is 16.6 Å². The molecule has 0 aromatic heterocycles. The highest BCUT2D eigenvalue weighted by atomic mass is 35.5. The zero-order valence-corrected chi connectivity index (χ0v) is 19.1. The average Bonchev–Trinajstić information content (AvgIpc) is 2.88. The van der Waals surface area contributed by atoms with E-state index in [0.717, 1.165) is 23.1 Å². The number of hydrogen-bond acceptors (Lipinski definition) is 2. The SMILES string of the molecule is CC1C2CCN(S(=O)(=O)c3cc(Cl)cc(Cl)c3)C1c1cc(-c3ccc(F)cc3)ccc12. The summed E-state index contributed by atoms with van der Waals surface area (Å²) in [6.07, 6.45) is 0.758. The van der Waals surface area contributed by atoms with Crippen molar-refractivity contribution in [2.75, 3.05) is 6.54 Å². The van der Waals surface area contributed by atoms with Crippen LogP contribution in [0.3, 0.4) is 0 Å². The largest absolute Gasteiger partial charge is 0.243 e. The van der Waals surface area contributed by atoms with Gasteiger partial charge in [0.15, 0.2) is 0 Å². The molecular weight excluding hydrogens is 456 g/mol. The predicted octanol–water partition coefficient (Wildman–Crippen LogP) is 6.67. The Kier molecular flexibility index (Phi) is 5.13. The molecule has 160 valence electrons. The highest BCUT2D eigenvalue weighted by molar-refractivity contribution is 7.89. The van der Waals surface area contributed by atoms with Crippen molar-refractivity contribution in [3.8, 4) is 11.1 Å². The molecule has 3 atom stereocenters. The molecule has 1 aliphatic carbocycles. The lowest BCUT2D eigenvalue weighted by atomic mass is 9.87. The van der Waals surface area contributed by atoms with Gasteiger partial charge in [-0.15, -0.1) is 0 Å². The van der Waals surface area contributed by atoms with Gasteiger partial charge in [0.25, 0.3) is 0 Å². The van der Waals surface area contributed by atoms with Crippen LogP contribution >= 0.6 is 23.2 Å². The third-order valence-corrected chi connectivity index (χ3v) is 8.82. The maximum Gasteiger partial charge on any atom is 0.243 e. The Labute approximate surface area is 191 Å². The number of piperidine rings is 1. The Balaban J connectivity index is 1.60. The van der Waals surface area contributed by atoms with Crippen LogP contribution < -0.4 is 0 Å². The zero-order valence-electron chi connectivity index (χ0n) is 16.7. The Bertz CT molecular complexity index is 1260. The number of nitrogens with zero attached hydrogens (tertiary/aromatic N) is 1. The summed E-state index contributed by atoms with van der Waals surface area (Å²) in [6, 6.07) is 16.7. The molecule has 3 aromatic rings. The van der Waals surface area contributed by atoms with Crippen LogP contribution in [0.2, 0.25) is 10.0 Å². The summed E-state index contributed by atoms with van der Waals surface area (Å²) in [5, 5.41) is 0.582. The molecule has 0 amide bonds. The van der Waals surface area contributed by atoms with Crippen LogP contribution in [0, 0.1) is 11.7 Å². The standard InChI is InChI=1S/C24H20Cl2FNO2S/c1-14-21-8-9-28(31(29,30)20-12-17(25)11-18(26)13-20)24(14)23-10-16(4-7-22(21)23)15-2-5-19(27)6-3-15/h2-7,10-14,21,24H,8-9H2,1H3. The summed E-state index contributed by atoms with van der Waals surface area (Å²) in [5.41, 5.74) is 4.06. The number of rotatable bonds is 3. The number of sulfonamides is 1. The first-order chi connectivity index (χ1) is 14.8. The van der Waals surface area contributed by atoms with Crippen LogP contribution in [0.25, 0.3) is 11.1 Å². The van der Waals surface area contributed by atoms with E-state index in [-0.39, 0.29) is 22.7 Å². The minimum absolute atomic E-state index is 0.110. The van der Waals surface area contributed by atoms with Gasteiger partial charge in [0.2, 0.25) is 10.0 Å². The van der Waals surface area contributed by atoms with E-state index in [4.69, 9.17) is 23.2 Å². The van der Waals surface area contributed by atoms with Crippen molar-refractivity contribution in [3.63, 3.8) is 0 Å². The summed E-state index contributed by atoms with van der Waals surface area (Å²) in [4.78, 5) is 0.110. The third kappa shape index (κ3) is 3.48. The Morgan fingerprint density at radius 3 is 2.23 bits per heavy atom. The van der Waals surface area contributed by atoms with E-state index in [1.807, 2.05) is 6.07 Å². The van der Waals surface area contributed by atoms with Crippen molar-refractivity contribution in [1.82, 2.24) is 4.31 Å². The smallest absolute Gasteiger partial charge is 0.207 e. The van der Waals surface area contributed by atoms with Gasteiger partial charge < -0.3 is 0 Å². The van der Waals surface area contributed by atoms with Crippen molar-refractivity contribution in [2.45, 2.75) is 30.2 Å². The molecule has 2 bridgehead atoms. The van der Waals surface area contributed by atoms with Crippen LogP contribution in [-0.4, -0.2) is 19.3 Å². The minimum atomic E-state index is -3.79. The van der Waals surface area contributed by atoms with Crippen molar-refractivity contribution in [3.05, 3.63) is 87.7 Å². The maximum atomic E-state index is 13.6. The topological polar surface area (TPSA) is 37.4 Å². The molecule has 1 fully saturated rings. The van der Waals surface area contributed by atoms with Gasteiger partial charge in [-0.3, -0.25) is 0 Å². The molecule has 0 saturated carbocycles. The Morgan fingerprint density at radius 1 is 0.903 bits per heavy atom. The second kappa shape index (κ2) is 7.59. The highest BCUT2D eigenvalue weighted by Gasteiger charge is 2.48. The molecule has 3 unspecified atom stereocenters. The first-order valence-corrected chi connectivity index (χ1v) is 12.3. The van der Waals surface area contributed by atoms with Crippen molar-refractivity contribution >= 4 is 33.2 Å². The van der Waals surface area contributed by atoms with Crippen LogP contribution in [0.15, 0.2) is 65.6 Å². The fourth-order valence-corrected chi connectivity index (χ4v) is 7.53. The van der Waals surface area contributed by atoms with Gasteiger partial charge in [0.1, 0.15) is 5.82 Å². The molecule has 0 N–H and O–H groups in total. The lowest BCUT2D eigenvalue weighted by molar-refractivity contribution is 0.190. The molecule has 0 radical (unpaired) electrons. The van der Waals surface area contributed by atoms with Gasteiger partial charge in [0.05, 0.1) is 10.9 Å². The van der Waals surface area contributed by atoms with E-state index in [1.54, 1.807) is 16.4 Å². The van der Waals surface area contributed by atoms with E-state index >= 15 is 0 Å². The van der Waals surface area contributed by atoms with Crippen molar-refractivity contribution in [2.24, 2.45) is 5.92 Å². The van der Waals surface area contributed by atoms with Crippen molar-refractivity contribution in [1.29, 1.82) is 0 Å². The average molecular weight is 476 g/mol. The van der Waals surface area contributed by atoms with Gasteiger partial charge in [-0.1, -0.05) is 54.4 Å². The van der Waals surface area contributed by atoms with Crippen LogP contribution in [0.4, 0.5) is 4.39 Å². The highest BCUT2D eigenvalue weighted by Crippen LogP contribution is 2.55. The molecule has 1 aliphatic heterocycles. The quantitative estimate of drug-likeness (QED) is 0.424. The van der Waals surface area contributed by atoms with Crippen LogP contribution in [-0.2, 0) is 10.0 Å². The molecule has 1 saturated heterocycles. The van der Waals surface area contributed by atoms with E-state index in [1.165, 1.54) is 35.9 Å². The van der Waals surface area contributed by atoms with E-state index in [9.17, 15) is 12.8 Å². The zero-order chi connectivity index (χ0) is 21.9. The second-order valence-corrected chi connectivity index (χ2v) is 11.0. The normalized spacial score (nSPS) is 23.0. The lowest BCUT2D eigenvalue weighted by Crippen LogP contribution is -2.41. The fourth-order valence-electron chi connectivity index (χ4n) is 5.10. The van der Waals surface area contributed by atoms with Crippen LogP contribution in [0.1, 0.15) is 36.4 Å². The first-order valence-electron chi connectivity index (χ1n) is 10.1. The van der Waals surface area contributed by atoms with E-state index < -0.39 is 10.0 Å². The predicted molar refractivity (Wildman–Crippen MR) is 121 cm³/mol. The monoisotopic (exact) mass is 475 g/mol. The van der Waals surface area contributed by atoms with E-state index in [2.05, 4.69) is 19.1 Å². The second-order valence-electron chi connectivity index (χ2n) is 8.27. The summed E-state index contributed by atoms with van der Waals surface area (Å²) in [7, 11) is -3.79. The number of hydrogen-bond donors (Lipinski definition) is 0. The summed E-state index contributed by atoms with van der Waals surface area (Å²) in [6.45, 7) is 2.55. The summed E-state index contributed by atoms with van der Waals surface area (Å²) in [5.74, 6) is 0.181. The molecule has 3 aromatic carbocycles. The number of halogens is 3. The van der Waals surface area contributed by atoms with Gasteiger partial charge in [-0.25, -0.2) is 12.8 Å². The fraction of sp³-hybridized carbons (Fsp3) is 0.250. The van der Waals surface area contributed by atoms with Crippen molar-refractivity contribution < 1.29 is 12.8 Å². The van der Waals surface area contributed by atoms with Gasteiger partial charge >= 0.3 is 0 Å². The van der Waals surface area contributed by atoms with Gasteiger partial charge in [-0.05, 0) is 76.9 Å². The number of fused-ring (bicyclic) bond motifs is 5. The summed E-state index contributed by atoms with van der Waals surface area (Å²) < 4.78 is 42.1. The maximum absolute atomic E-state index is 13.6. The molecule has 3 nitrogen and oxygen atoms in total.